The van der Waals surface area contributed by atoms with Gasteiger partial charge in [-0.1, -0.05) is 24.8 Å². The lowest BCUT2D eigenvalue weighted by Crippen LogP contribution is -2.39. The summed E-state index contributed by atoms with van der Waals surface area (Å²) in [5, 5.41) is 16.0. The summed E-state index contributed by atoms with van der Waals surface area (Å²) in [5.74, 6) is -2.33. The lowest BCUT2D eigenvalue weighted by Gasteiger charge is -2.32. The van der Waals surface area contributed by atoms with Crippen LogP contribution in [0.25, 0.3) is 0 Å². The normalized spacial score (nSPS) is 17.4. The van der Waals surface area contributed by atoms with Gasteiger partial charge in [-0.05, 0) is 31.5 Å². The van der Waals surface area contributed by atoms with Gasteiger partial charge >= 0.3 is 18.1 Å². The van der Waals surface area contributed by atoms with Gasteiger partial charge in [0.05, 0.1) is 6.61 Å². The number of halogens is 3. The number of likely N-dealkylation sites (tertiary alicyclic amines) is 1. The van der Waals surface area contributed by atoms with Gasteiger partial charge in [0.25, 0.3) is 0 Å². The number of benzene rings is 1. The lowest BCUT2D eigenvalue weighted by molar-refractivity contribution is -0.192. The quantitative estimate of drug-likeness (QED) is 0.728. The number of piperidine rings is 1. The number of nitrogens with zero attached hydrogens (tertiary/aromatic N) is 1. The second-order valence-corrected chi connectivity index (χ2v) is 6.08. The van der Waals surface area contributed by atoms with Gasteiger partial charge < -0.3 is 14.9 Å². The van der Waals surface area contributed by atoms with E-state index in [9.17, 15) is 18.0 Å². The third kappa shape index (κ3) is 9.09. The predicted octanol–water partition coefficient (Wildman–Crippen LogP) is 3.05. The van der Waals surface area contributed by atoms with Gasteiger partial charge in [0.2, 0.25) is 0 Å². The average molecular weight is 389 g/mol. The van der Waals surface area contributed by atoms with Crippen molar-refractivity contribution in [3.8, 4) is 5.75 Å². The topological polar surface area (TPSA) is 87.1 Å². The molecule has 6 nitrogen and oxygen atoms in total. The van der Waals surface area contributed by atoms with Crippen molar-refractivity contribution in [1.82, 2.24) is 4.90 Å². The van der Waals surface area contributed by atoms with E-state index < -0.39 is 18.1 Å². The van der Waals surface area contributed by atoms with Crippen molar-refractivity contribution in [3.05, 3.63) is 42.5 Å². The summed E-state index contributed by atoms with van der Waals surface area (Å²) in [6.45, 7) is 6.53. The van der Waals surface area contributed by atoms with E-state index in [1.807, 2.05) is 30.3 Å². The van der Waals surface area contributed by atoms with Crippen molar-refractivity contribution in [2.24, 2.45) is 5.92 Å². The molecule has 0 bridgehead atoms. The van der Waals surface area contributed by atoms with Crippen LogP contribution < -0.4 is 4.74 Å². The fraction of sp³-hybridized carbons (Fsp3) is 0.444. The molecule has 2 N–H and O–H groups in total. The van der Waals surface area contributed by atoms with Crippen molar-refractivity contribution in [3.63, 3.8) is 0 Å². The minimum absolute atomic E-state index is 0.259. The fourth-order valence-electron chi connectivity index (χ4n) is 2.50. The van der Waals surface area contributed by atoms with E-state index in [1.165, 1.54) is 0 Å². The molecule has 1 saturated heterocycles. The van der Waals surface area contributed by atoms with Crippen LogP contribution in [0.4, 0.5) is 13.2 Å². The number of aliphatic carboxylic acids is 2. The van der Waals surface area contributed by atoms with E-state index in [0.717, 1.165) is 31.7 Å². The first-order chi connectivity index (χ1) is 12.6. The Balaban J connectivity index is 0.000000445. The predicted molar refractivity (Wildman–Crippen MR) is 91.6 cm³/mol. The summed E-state index contributed by atoms with van der Waals surface area (Å²) in [7, 11) is 0. The number of rotatable bonds is 6. The number of hydrogen-bond acceptors (Lipinski definition) is 4. The highest BCUT2D eigenvalue weighted by atomic mass is 19.4. The highest BCUT2D eigenvalue weighted by Crippen LogP contribution is 2.19. The summed E-state index contributed by atoms with van der Waals surface area (Å²) in [4.78, 5) is 21.9. The second-order valence-electron chi connectivity index (χ2n) is 6.08. The summed E-state index contributed by atoms with van der Waals surface area (Å²) >= 11 is 0. The maximum absolute atomic E-state index is 10.8. The smallest absolute Gasteiger partial charge is 0.490 e. The summed E-state index contributed by atoms with van der Waals surface area (Å²) < 4.78 is 37.5. The number of hydrogen-bond donors (Lipinski definition) is 2. The van der Waals surface area contributed by atoms with E-state index in [4.69, 9.17) is 19.7 Å². The molecular weight excluding hydrogens is 367 g/mol. The maximum atomic E-state index is 10.8. The number of carboxylic acid groups (broad SMARTS) is 2. The van der Waals surface area contributed by atoms with Crippen LogP contribution in [0.2, 0.25) is 0 Å². The summed E-state index contributed by atoms with van der Waals surface area (Å²) in [6, 6.07) is 9.78. The average Bonchev–Trinajstić information content (AvgIpc) is 2.61. The van der Waals surface area contributed by atoms with E-state index in [0.29, 0.717) is 19.1 Å². The van der Waals surface area contributed by atoms with Crippen LogP contribution in [0.5, 0.6) is 5.75 Å². The fourth-order valence-corrected chi connectivity index (χ4v) is 2.50. The minimum Gasteiger partial charge on any atom is -0.493 e. The van der Waals surface area contributed by atoms with Crippen LogP contribution in [-0.4, -0.2) is 59.5 Å². The molecule has 0 saturated carbocycles. The number of alkyl halides is 3. The van der Waals surface area contributed by atoms with Crippen molar-refractivity contribution in [2.75, 3.05) is 26.2 Å². The molecule has 0 aliphatic carbocycles. The Hall–Kier alpha value is -2.55. The molecule has 0 spiro atoms. The molecule has 1 fully saturated rings. The first-order valence-electron chi connectivity index (χ1n) is 8.21. The van der Waals surface area contributed by atoms with Crippen LogP contribution in [-0.2, 0) is 9.59 Å². The molecular formula is C18H22F3NO5. The summed E-state index contributed by atoms with van der Waals surface area (Å²) in [6.07, 6.45) is -2.88. The molecule has 27 heavy (non-hydrogen) atoms. The maximum Gasteiger partial charge on any atom is 0.490 e. The van der Waals surface area contributed by atoms with Crippen molar-refractivity contribution in [2.45, 2.75) is 19.0 Å². The van der Waals surface area contributed by atoms with Crippen LogP contribution >= 0.6 is 0 Å². The van der Waals surface area contributed by atoms with Crippen LogP contribution in [0.1, 0.15) is 12.8 Å². The van der Waals surface area contributed by atoms with E-state index in [1.54, 1.807) is 0 Å². The van der Waals surface area contributed by atoms with Gasteiger partial charge in [-0.25, -0.2) is 9.59 Å². The molecule has 2 rings (SSSR count). The highest BCUT2D eigenvalue weighted by molar-refractivity contribution is 5.86. The number of ether oxygens (including phenoxy) is 1. The van der Waals surface area contributed by atoms with Crippen LogP contribution in [0.15, 0.2) is 42.5 Å². The molecule has 1 heterocycles. The standard InChI is InChI=1S/C16H21NO3.C2HF3O2/c1-13(16(18)19)10-17-9-5-6-14(11-17)12-20-15-7-3-2-4-8-15;3-2(4,5)1(6)7/h2-4,7-8,14H,1,5-6,9-12H2,(H,18,19);(H,6,7). The van der Waals surface area contributed by atoms with Crippen LogP contribution in [0, 0.1) is 5.92 Å². The molecule has 1 aliphatic rings. The number of para-hydroxylation sites is 1. The van der Waals surface area contributed by atoms with E-state index in [-0.39, 0.29) is 5.57 Å². The van der Waals surface area contributed by atoms with E-state index in [2.05, 4.69) is 11.5 Å². The third-order valence-electron chi connectivity index (χ3n) is 3.79. The Kier molecular flexibility index (Phi) is 8.80. The zero-order valence-electron chi connectivity index (χ0n) is 14.6. The minimum atomic E-state index is -5.08. The van der Waals surface area contributed by atoms with Gasteiger partial charge in [0.15, 0.2) is 0 Å². The zero-order chi connectivity index (χ0) is 20.4. The molecule has 1 aromatic rings. The first-order valence-corrected chi connectivity index (χ1v) is 8.21. The van der Waals surface area contributed by atoms with Crippen molar-refractivity contribution < 1.29 is 37.7 Å². The Morgan fingerprint density at radius 2 is 1.81 bits per heavy atom. The van der Waals surface area contributed by atoms with Gasteiger partial charge in [0, 0.05) is 24.6 Å². The number of carbonyl (C=O) groups is 2. The Bertz CT molecular complexity index is 634. The number of carboxylic acids is 2. The van der Waals surface area contributed by atoms with Gasteiger partial charge in [-0.3, -0.25) is 4.90 Å². The van der Waals surface area contributed by atoms with E-state index >= 15 is 0 Å². The van der Waals surface area contributed by atoms with Crippen molar-refractivity contribution in [1.29, 1.82) is 0 Å². The SMILES string of the molecule is C=C(CN1CCCC(COc2ccccc2)C1)C(=O)O.O=C(O)C(F)(F)F. The molecule has 0 amide bonds. The molecule has 0 aromatic heterocycles. The molecule has 9 heteroatoms. The highest BCUT2D eigenvalue weighted by Gasteiger charge is 2.38. The molecule has 1 atom stereocenters. The molecule has 150 valence electrons. The zero-order valence-corrected chi connectivity index (χ0v) is 14.6. The Labute approximate surface area is 154 Å². The molecule has 1 aromatic carbocycles. The second kappa shape index (κ2) is 10.6. The van der Waals surface area contributed by atoms with Gasteiger partial charge in [-0.2, -0.15) is 13.2 Å². The monoisotopic (exact) mass is 389 g/mol. The lowest BCUT2D eigenvalue weighted by atomic mass is 9.98. The molecule has 0 radical (unpaired) electrons. The largest absolute Gasteiger partial charge is 0.493 e. The third-order valence-corrected chi connectivity index (χ3v) is 3.79. The Morgan fingerprint density at radius 3 is 2.33 bits per heavy atom. The van der Waals surface area contributed by atoms with Gasteiger partial charge in [0.1, 0.15) is 5.75 Å². The molecule has 1 unspecified atom stereocenters. The van der Waals surface area contributed by atoms with Crippen LogP contribution in [0.3, 0.4) is 0 Å². The Morgan fingerprint density at radius 1 is 1.22 bits per heavy atom. The summed E-state index contributed by atoms with van der Waals surface area (Å²) in [5.41, 5.74) is 0.259. The molecule has 1 aliphatic heterocycles. The first kappa shape index (κ1) is 22.5. The van der Waals surface area contributed by atoms with Crippen molar-refractivity contribution >= 4 is 11.9 Å². The van der Waals surface area contributed by atoms with Gasteiger partial charge in [-0.15, -0.1) is 0 Å².